The number of phosphoric ester groups is 1. The molecule has 0 amide bonds. The molecule has 3 N–H and O–H groups in total. The van der Waals surface area contributed by atoms with Crippen molar-refractivity contribution in [1.29, 1.82) is 0 Å². The number of aliphatic hydroxyl groups is 1. The van der Waals surface area contributed by atoms with Crippen molar-refractivity contribution < 1.29 is 33.8 Å². The molecule has 0 bridgehead atoms. The highest BCUT2D eigenvalue weighted by Gasteiger charge is 2.55. The van der Waals surface area contributed by atoms with Crippen LogP contribution in [0.25, 0.3) is 0 Å². The lowest BCUT2D eigenvalue weighted by atomic mass is 11.2. The highest BCUT2D eigenvalue weighted by Crippen LogP contribution is 2.46. The van der Waals surface area contributed by atoms with Crippen LogP contribution in [0.5, 0.6) is 0 Å². The minimum Gasteiger partial charge on any atom is -0.315 e. The molecule has 1 saturated heterocycles. The van der Waals surface area contributed by atoms with E-state index in [1.165, 1.54) is 0 Å². The molecule has 1 heterocycles. The molecule has 0 unspecified atom stereocenters. The molecule has 0 spiro atoms. The standard InChI is InChI=1S/CH3O7P/c2-1(6-7-1)8-9(3,4)5/h2H,(H2,3,4,5). The predicted octanol–water partition coefficient (Wildman–Crippen LogP) is -1.34. The smallest absolute Gasteiger partial charge is 0.315 e. The molecular formula is CH3O7P. The lowest BCUT2D eigenvalue weighted by Gasteiger charge is -2.01. The summed E-state index contributed by atoms with van der Waals surface area (Å²) in [6.07, 6.45) is -2.53. The average molecular weight is 158 g/mol. The highest BCUT2D eigenvalue weighted by atomic mass is 31.2. The minimum absolute atomic E-state index is 2.53. The Balaban J connectivity index is 2.43. The minimum atomic E-state index is -4.72. The number of phosphoric acid groups is 1. The van der Waals surface area contributed by atoms with Crippen LogP contribution in [-0.2, 0) is 18.9 Å². The molecule has 8 heteroatoms. The van der Waals surface area contributed by atoms with Crippen LogP contribution < -0.4 is 0 Å². The van der Waals surface area contributed by atoms with E-state index in [1.54, 1.807) is 0 Å². The first kappa shape index (κ1) is 7.10. The van der Waals surface area contributed by atoms with Crippen LogP contribution in [0.3, 0.4) is 0 Å². The largest absolute Gasteiger partial charge is 0.475 e. The monoisotopic (exact) mass is 158 g/mol. The second-order valence-corrected chi connectivity index (χ2v) is 2.44. The normalized spacial score (nSPS) is 23.9. The molecule has 0 aliphatic carbocycles. The fourth-order valence-corrected chi connectivity index (χ4v) is 0.578. The van der Waals surface area contributed by atoms with Crippen molar-refractivity contribution in [2.45, 2.75) is 6.16 Å². The summed E-state index contributed by atoms with van der Waals surface area (Å²) in [6, 6.07) is 0. The quantitative estimate of drug-likeness (QED) is 0.197. The van der Waals surface area contributed by atoms with Crippen LogP contribution in [0.4, 0.5) is 0 Å². The van der Waals surface area contributed by atoms with Crippen molar-refractivity contribution >= 4 is 7.82 Å². The van der Waals surface area contributed by atoms with Gasteiger partial charge in [0, 0.05) is 0 Å². The Morgan fingerprint density at radius 3 is 2.00 bits per heavy atom. The van der Waals surface area contributed by atoms with E-state index in [0.717, 1.165) is 0 Å². The summed E-state index contributed by atoms with van der Waals surface area (Å²) in [7, 11) is -4.72. The molecule has 0 saturated carbocycles. The van der Waals surface area contributed by atoms with Gasteiger partial charge in [-0.05, 0) is 0 Å². The first-order chi connectivity index (χ1) is 3.91. The first-order valence-corrected chi connectivity index (χ1v) is 3.30. The van der Waals surface area contributed by atoms with E-state index in [-0.39, 0.29) is 0 Å². The summed E-state index contributed by atoms with van der Waals surface area (Å²) >= 11 is 0. The van der Waals surface area contributed by atoms with Gasteiger partial charge >= 0.3 is 14.0 Å². The molecule has 0 aromatic carbocycles. The van der Waals surface area contributed by atoms with Crippen LogP contribution in [0.2, 0.25) is 0 Å². The Hall–Kier alpha value is -0.0100. The molecule has 0 aromatic rings. The fraction of sp³-hybridized carbons (Fsp3) is 1.00. The van der Waals surface area contributed by atoms with Crippen LogP contribution in [0, 0.1) is 0 Å². The molecule has 1 rings (SSSR count). The van der Waals surface area contributed by atoms with Crippen LogP contribution in [0.1, 0.15) is 0 Å². The van der Waals surface area contributed by atoms with Crippen LogP contribution in [-0.4, -0.2) is 21.1 Å². The summed E-state index contributed by atoms with van der Waals surface area (Å²) in [5, 5.41) is 8.31. The average Bonchev–Trinajstić information content (AvgIpc) is 2.12. The molecule has 1 fully saturated rings. The van der Waals surface area contributed by atoms with E-state index in [0.29, 0.717) is 0 Å². The highest BCUT2D eigenvalue weighted by molar-refractivity contribution is 7.46. The van der Waals surface area contributed by atoms with E-state index in [2.05, 4.69) is 14.3 Å². The third kappa shape index (κ3) is 2.37. The van der Waals surface area contributed by atoms with Gasteiger partial charge in [-0.3, -0.25) is 0 Å². The van der Waals surface area contributed by atoms with E-state index in [9.17, 15) is 4.57 Å². The number of hydrogen-bond acceptors (Lipinski definition) is 5. The molecule has 7 nitrogen and oxygen atoms in total. The van der Waals surface area contributed by atoms with Gasteiger partial charge in [-0.1, -0.05) is 0 Å². The Bertz CT molecular complexity index is 152. The molecular weight excluding hydrogens is 155 g/mol. The molecule has 1 aliphatic rings. The van der Waals surface area contributed by atoms with E-state index >= 15 is 0 Å². The summed E-state index contributed by atoms with van der Waals surface area (Å²) in [5.74, 6) is 0. The summed E-state index contributed by atoms with van der Waals surface area (Å²) < 4.78 is 13.4. The van der Waals surface area contributed by atoms with Crippen molar-refractivity contribution in [3.63, 3.8) is 0 Å². The zero-order valence-electron chi connectivity index (χ0n) is 3.92. The second-order valence-electron chi connectivity index (χ2n) is 1.27. The first-order valence-electron chi connectivity index (χ1n) is 1.77. The Morgan fingerprint density at radius 1 is 1.44 bits per heavy atom. The lowest BCUT2D eigenvalue weighted by molar-refractivity contribution is -0.157. The predicted molar refractivity (Wildman–Crippen MR) is 20.2 cm³/mol. The molecule has 0 radical (unpaired) electrons. The second kappa shape index (κ2) is 1.74. The van der Waals surface area contributed by atoms with Gasteiger partial charge in [-0.25, -0.2) is 4.57 Å². The van der Waals surface area contributed by atoms with Gasteiger partial charge in [0.1, 0.15) is 0 Å². The molecule has 0 aromatic heterocycles. The summed E-state index contributed by atoms with van der Waals surface area (Å²) in [4.78, 5) is 23.2. The zero-order valence-corrected chi connectivity index (χ0v) is 4.82. The van der Waals surface area contributed by atoms with Gasteiger partial charge < -0.3 is 14.9 Å². The zero-order chi connectivity index (χ0) is 7.12. The Kier molecular flexibility index (Phi) is 1.37. The molecule has 0 atom stereocenters. The maximum absolute atomic E-state index is 9.84. The van der Waals surface area contributed by atoms with Gasteiger partial charge in [0.05, 0.1) is 0 Å². The van der Waals surface area contributed by atoms with Crippen molar-refractivity contribution in [1.82, 2.24) is 0 Å². The fourth-order valence-electron chi connectivity index (χ4n) is 0.216. The van der Waals surface area contributed by atoms with Crippen LogP contribution >= 0.6 is 7.82 Å². The van der Waals surface area contributed by atoms with Crippen molar-refractivity contribution in [2.24, 2.45) is 0 Å². The topological polar surface area (TPSA) is 112 Å². The van der Waals surface area contributed by atoms with E-state index < -0.39 is 14.0 Å². The SMILES string of the molecule is O=P(O)(O)OC1(O)OO1. The maximum atomic E-state index is 9.84. The maximum Gasteiger partial charge on any atom is 0.475 e. The molecule has 9 heavy (non-hydrogen) atoms. The Morgan fingerprint density at radius 2 is 1.89 bits per heavy atom. The molecule has 1 aliphatic heterocycles. The van der Waals surface area contributed by atoms with Gasteiger partial charge in [-0.15, -0.1) is 9.78 Å². The van der Waals surface area contributed by atoms with E-state index in [1.807, 2.05) is 0 Å². The van der Waals surface area contributed by atoms with Gasteiger partial charge in [-0.2, -0.15) is 4.52 Å². The Labute approximate surface area is 48.9 Å². The van der Waals surface area contributed by atoms with Crippen molar-refractivity contribution in [2.75, 3.05) is 0 Å². The number of rotatable bonds is 2. The molecule has 54 valence electrons. The van der Waals surface area contributed by atoms with Gasteiger partial charge in [0.25, 0.3) is 0 Å². The lowest BCUT2D eigenvalue weighted by Crippen LogP contribution is -2.11. The summed E-state index contributed by atoms with van der Waals surface area (Å²) in [5.41, 5.74) is 0. The van der Waals surface area contributed by atoms with Gasteiger partial charge in [0.2, 0.25) is 0 Å². The van der Waals surface area contributed by atoms with E-state index in [4.69, 9.17) is 14.9 Å². The van der Waals surface area contributed by atoms with Gasteiger partial charge in [0.15, 0.2) is 0 Å². The number of hydrogen-bond donors (Lipinski definition) is 3. The van der Waals surface area contributed by atoms with Crippen molar-refractivity contribution in [3.05, 3.63) is 0 Å². The third-order valence-corrected chi connectivity index (χ3v) is 0.929. The van der Waals surface area contributed by atoms with Crippen molar-refractivity contribution in [3.8, 4) is 0 Å². The van der Waals surface area contributed by atoms with Crippen LogP contribution in [0.15, 0.2) is 0 Å². The summed E-state index contributed by atoms with van der Waals surface area (Å²) in [6.45, 7) is 0. The third-order valence-electron chi connectivity index (χ3n) is 0.460.